The Kier molecular flexibility index (Phi) is 5.69. The Morgan fingerprint density at radius 1 is 1.17 bits per heavy atom. The molecule has 2 aromatic rings. The predicted octanol–water partition coefficient (Wildman–Crippen LogP) is 4.44. The number of anilines is 1. The van der Waals surface area contributed by atoms with Crippen molar-refractivity contribution in [1.82, 2.24) is 0 Å². The van der Waals surface area contributed by atoms with E-state index in [1.807, 2.05) is 57.4 Å². The van der Waals surface area contributed by atoms with Gasteiger partial charge >= 0.3 is 6.09 Å². The fraction of sp³-hybridized carbons (Fsp3) is 0.278. The molecule has 0 saturated heterocycles. The maximum Gasteiger partial charge on any atom is 0.417 e. The number of carbonyl (C=O) groups excluding carboxylic acids is 1. The topological polar surface area (TPSA) is 58.6 Å². The highest BCUT2D eigenvalue weighted by Crippen LogP contribution is 2.30. The summed E-state index contributed by atoms with van der Waals surface area (Å²) in [4.78, 5) is 13.3. The molecule has 0 aliphatic rings. The predicted molar refractivity (Wildman–Crippen MR) is 94.4 cm³/mol. The molecule has 0 saturated carbocycles. The van der Waals surface area contributed by atoms with Gasteiger partial charge in [0, 0.05) is 16.1 Å². The Morgan fingerprint density at radius 2 is 1.83 bits per heavy atom. The van der Waals surface area contributed by atoms with Gasteiger partial charge in [0.15, 0.2) is 0 Å². The molecule has 0 fully saturated rings. The number of hydrogen-bond donors (Lipinski definition) is 2. The Bertz CT molecular complexity index is 708. The normalized spacial score (nSPS) is 10.5. The molecule has 122 valence electrons. The van der Waals surface area contributed by atoms with Gasteiger partial charge in [0.1, 0.15) is 5.75 Å². The van der Waals surface area contributed by atoms with Crippen LogP contribution < -0.4 is 10.1 Å². The van der Waals surface area contributed by atoms with E-state index in [2.05, 4.69) is 5.32 Å². The highest BCUT2D eigenvalue weighted by molar-refractivity contribution is 7.98. The van der Waals surface area contributed by atoms with Gasteiger partial charge in [0.2, 0.25) is 0 Å². The fourth-order valence-corrected chi connectivity index (χ4v) is 2.98. The zero-order valence-corrected chi connectivity index (χ0v) is 14.6. The monoisotopic (exact) mass is 331 g/mol. The van der Waals surface area contributed by atoms with Crippen molar-refractivity contribution in [2.45, 2.75) is 32.3 Å². The standard InChI is InChI=1S/C18H21NO3S/c1-11-6-5-7-12(2)16(11)19-18(21)22-17-13(3)8-15(23-4)9-14(17)10-20/h5-9,20H,10H2,1-4H3,(H,19,21). The van der Waals surface area contributed by atoms with Gasteiger partial charge in [0.25, 0.3) is 0 Å². The molecule has 4 nitrogen and oxygen atoms in total. The number of hydrogen-bond acceptors (Lipinski definition) is 4. The molecule has 2 aromatic carbocycles. The fourth-order valence-electron chi connectivity index (χ4n) is 2.42. The molecule has 0 bridgehead atoms. The number of rotatable bonds is 4. The van der Waals surface area contributed by atoms with Crippen molar-refractivity contribution in [3.8, 4) is 5.75 Å². The molecule has 5 heteroatoms. The summed E-state index contributed by atoms with van der Waals surface area (Å²) < 4.78 is 5.46. The van der Waals surface area contributed by atoms with Crippen LogP contribution in [0.3, 0.4) is 0 Å². The zero-order valence-electron chi connectivity index (χ0n) is 13.8. The largest absolute Gasteiger partial charge is 0.417 e. The van der Waals surface area contributed by atoms with E-state index in [-0.39, 0.29) is 6.61 Å². The summed E-state index contributed by atoms with van der Waals surface area (Å²) in [5.74, 6) is 0.411. The smallest absolute Gasteiger partial charge is 0.409 e. The van der Waals surface area contributed by atoms with Gasteiger partial charge in [-0.1, -0.05) is 18.2 Å². The van der Waals surface area contributed by atoms with Crippen LogP contribution in [0.25, 0.3) is 0 Å². The van der Waals surface area contributed by atoms with Crippen LogP contribution in [0.15, 0.2) is 35.2 Å². The first kappa shape index (κ1) is 17.4. The maximum atomic E-state index is 12.2. The summed E-state index contributed by atoms with van der Waals surface area (Å²) in [5, 5.41) is 12.3. The van der Waals surface area contributed by atoms with Crippen molar-refractivity contribution < 1.29 is 14.6 Å². The number of aryl methyl sites for hydroxylation is 3. The first-order valence-corrected chi connectivity index (χ1v) is 8.52. The molecule has 0 spiro atoms. The maximum absolute atomic E-state index is 12.2. The zero-order chi connectivity index (χ0) is 17.0. The van der Waals surface area contributed by atoms with Crippen molar-refractivity contribution in [1.29, 1.82) is 0 Å². The molecule has 2 N–H and O–H groups in total. The van der Waals surface area contributed by atoms with Crippen LogP contribution >= 0.6 is 11.8 Å². The average molecular weight is 331 g/mol. The molecule has 23 heavy (non-hydrogen) atoms. The van der Waals surface area contributed by atoms with Crippen LogP contribution in [-0.4, -0.2) is 17.5 Å². The summed E-state index contributed by atoms with van der Waals surface area (Å²) in [7, 11) is 0. The molecular weight excluding hydrogens is 310 g/mol. The lowest BCUT2D eigenvalue weighted by Crippen LogP contribution is -2.19. The lowest BCUT2D eigenvalue weighted by molar-refractivity contribution is 0.212. The Labute approximate surface area is 140 Å². The molecule has 0 aliphatic carbocycles. The van der Waals surface area contributed by atoms with E-state index in [9.17, 15) is 9.90 Å². The van der Waals surface area contributed by atoms with Gasteiger partial charge in [-0.15, -0.1) is 11.8 Å². The third-order valence-electron chi connectivity index (χ3n) is 3.63. The molecule has 0 atom stereocenters. The molecule has 0 heterocycles. The Hall–Kier alpha value is -1.98. The SMILES string of the molecule is CSc1cc(C)c(OC(=O)Nc2c(C)cccc2C)c(CO)c1. The second-order valence-corrected chi connectivity index (χ2v) is 6.25. The quantitative estimate of drug-likeness (QED) is 0.813. The van der Waals surface area contributed by atoms with Gasteiger partial charge in [0.05, 0.1) is 6.61 Å². The van der Waals surface area contributed by atoms with Gasteiger partial charge in [-0.3, -0.25) is 5.32 Å². The van der Waals surface area contributed by atoms with Crippen molar-refractivity contribution >= 4 is 23.5 Å². The van der Waals surface area contributed by atoms with Crippen molar-refractivity contribution in [2.24, 2.45) is 0 Å². The lowest BCUT2D eigenvalue weighted by Gasteiger charge is -2.15. The minimum atomic E-state index is -0.558. The second kappa shape index (κ2) is 7.53. The van der Waals surface area contributed by atoms with Gasteiger partial charge < -0.3 is 9.84 Å². The summed E-state index contributed by atoms with van der Waals surface area (Å²) in [5.41, 5.74) is 4.11. The number of amides is 1. The second-order valence-electron chi connectivity index (χ2n) is 5.37. The summed E-state index contributed by atoms with van der Waals surface area (Å²) >= 11 is 1.58. The van der Waals surface area contributed by atoms with Crippen LogP contribution in [0, 0.1) is 20.8 Å². The van der Waals surface area contributed by atoms with Crippen LogP contribution in [0.4, 0.5) is 10.5 Å². The summed E-state index contributed by atoms with van der Waals surface area (Å²) in [6, 6.07) is 9.57. The lowest BCUT2D eigenvalue weighted by atomic mass is 10.1. The summed E-state index contributed by atoms with van der Waals surface area (Å²) in [6.07, 6.45) is 1.40. The highest BCUT2D eigenvalue weighted by atomic mass is 32.2. The molecule has 0 radical (unpaired) electrons. The van der Waals surface area contributed by atoms with E-state index in [0.29, 0.717) is 11.3 Å². The van der Waals surface area contributed by atoms with E-state index >= 15 is 0 Å². The van der Waals surface area contributed by atoms with Crippen LogP contribution in [0.5, 0.6) is 5.75 Å². The number of ether oxygens (including phenoxy) is 1. The van der Waals surface area contributed by atoms with Gasteiger partial charge in [-0.25, -0.2) is 4.79 Å². The number of aliphatic hydroxyl groups excluding tert-OH is 1. The molecule has 1 amide bonds. The molecule has 0 aliphatic heterocycles. The van der Waals surface area contributed by atoms with E-state index < -0.39 is 6.09 Å². The van der Waals surface area contributed by atoms with E-state index in [1.165, 1.54) is 0 Å². The average Bonchev–Trinajstić information content (AvgIpc) is 2.52. The number of para-hydroxylation sites is 1. The first-order chi connectivity index (χ1) is 11.0. The third kappa shape index (κ3) is 4.06. The Balaban J connectivity index is 2.24. The van der Waals surface area contributed by atoms with Crippen molar-refractivity contribution in [2.75, 3.05) is 11.6 Å². The van der Waals surface area contributed by atoms with Crippen LogP contribution in [-0.2, 0) is 6.61 Å². The van der Waals surface area contributed by atoms with Gasteiger partial charge in [-0.2, -0.15) is 0 Å². The van der Waals surface area contributed by atoms with Gasteiger partial charge in [-0.05, 0) is 55.9 Å². The van der Waals surface area contributed by atoms with Crippen molar-refractivity contribution in [3.63, 3.8) is 0 Å². The third-order valence-corrected chi connectivity index (χ3v) is 4.34. The minimum absolute atomic E-state index is 0.179. The molecule has 2 rings (SSSR count). The molecule has 0 unspecified atom stereocenters. The summed E-state index contributed by atoms with van der Waals surface area (Å²) in [6.45, 7) is 5.54. The first-order valence-electron chi connectivity index (χ1n) is 7.29. The van der Waals surface area contributed by atoms with Crippen LogP contribution in [0.2, 0.25) is 0 Å². The molecule has 0 aromatic heterocycles. The van der Waals surface area contributed by atoms with E-state index in [0.717, 1.165) is 27.3 Å². The number of nitrogens with one attached hydrogen (secondary N) is 1. The highest BCUT2D eigenvalue weighted by Gasteiger charge is 2.15. The minimum Gasteiger partial charge on any atom is -0.409 e. The number of aliphatic hydroxyl groups is 1. The Morgan fingerprint density at radius 3 is 2.39 bits per heavy atom. The number of benzene rings is 2. The van der Waals surface area contributed by atoms with Crippen molar-refractivity contribution in [3.05, 3.63) is 52.6 Å². The molecular formula is C18H21NO3S. The van der Waals surface area contributed by atoms with Crippen LogP contribution in [0.1, 0.15) is 22.3 Å². The van der Waals surface area contributed by atoms with E-state index in [4.69, 9.17) is 4.74 Å². The van der Waals surface area contributed by atoms with E-state index in [1.54, 1.807) is 11.8 Å². The number of carbonyl (C=O) groups is 1. The number of thioether (sulfide) groups is 1.